The van der Waals surface area contributed by atoms with Crippen LogP contribution in [0.5, 0.6) is 0 Å². The zero-order valence-corrected chi connectivity index (χ0v) is 16.7. The van der Waals surface area contributed by atoms with E-state index in [1.165, 1.54) is 13.0 Å². The molecule has 0 aromatic rings. The van der Waals surface area contributed by atoms with Crippen LogP contribution in [0.3, 0.4) is 0 Å². The number of carbonyl (C=O) groups excluding carboxylic acids is 4. The lowest BCUT2D eigenvalue weighted by Crippen LogP contribution is -2.64. The van der Waals surface area contributed by atoms with Crippen molar-refractivity contribution in [3.8, 4) is 0 Å². The normalized spacial score (nSPS) is 27.0. The van der Waals surface area contributed by atoms with Crippen molar-refractivity contribution in [3.05, 3.63) is 12.7 Å². The van der Waals surface area contributed by atoms with Gasteiger partial charge >= 0.3 is 24.0 Å². The maximum Gasteiger partial charge on any atom is 0.407 e. The first kappa shape index (κ1) is 22.9. The van der Waals surface area contributed by atoms with E-state index in [1.54, 1.807) is 0 Å². The van der Waals surface area contributed by atoms with Crippen molar-refractivity contribution in [2.45, 2.75) is 50.1 Å². The standard InChI is InChI=1S/C16H22BrNO9/c1-5-6-23-16(22)18-12-14(26-10(4)21)13(25-9(3)20)11(27-15(12)17)7-24-8(2)19/h5,11-15H,1,6-7H2,2-4H3,(H,18,22)/t11-,12-,13-,14-,15+/m1/s1. The number of halogens is 1. The number of alkyl halides is 1. The first-order valence-electron chi connectivity index (χ1n) is 7.97. The zero-order chi connectivity index (χ0) is 20.6. The summed E-state index contributed by atoms with van der Waals surface area (Å²) < 4.78 is 25.9. The summed E-state index contributed by atoms with van der Waals surface area (Å²) >= 11 is 3.24. The van der Waals surface area contributed by atoms with Gasteiger partial charge in [-0.05, 0) is 0 Å². The van der Waals surface area contributed by atoms with Crippen LogP contribution in [-0.2, 0) is 38.1 Å². The lowest BCUT2D eigenvalue weighted by molar-refractivity contribution is -0.210. The number of amides is 1. The second kappa shape index (κ2) is 10.9. The number of carbonyl (C=O) groups is 4. The summed E-state index contributed by atoms with van der Waals surface area (Å²) in [6.07, 6.45) is -2.63. The highest BCUT2D eigenvalue weighted by Crippen LogP contribution is 2.29. The molecule has 0 aliphatic carbocycles. The molecule has 152 valence electrons. The van der Waals surface area contributed by atoms with Gasteiger partial charge in [0.15, 0.2) is 12.2 Å². The van der Waals surface area contributed by atoms with Gasteiger partial charge in [0.2, 0.25) is 0 Å². The molecule has 0 aromatic carbocycles. The zero-order valence-electron chi connectivity index (χ0n) is 15.1. The second-order valence-corrected chi connectivity index (χ2v) is 6.44. The predicted octanol–water partition coefficient (Wildman–Crippen LogP) is 0.814. The lowest BCUT2D eigenvalue weighted by Gasteiger charge is -2.43. The summed E-state index contributed by atoms with van der Waals surface area (Å²) in [5.41, 5.74) is 0. The van der Waals surface area contributed by atoms with Crippen molar-refractivity contribution in [1.29, 1.82) is 0 Å². The molecule has 11 heteroatoms. The van der Waals surface area contributed by atoms with E-state index in [9.17, 15) is 19.2 Å². The Balaban J connectivity index is 3.08. The van der Waals surface area contributed by atoms with E-state index in [0.717, 1.165) is 13.8 Å². The van der Waals surface area contributed by atoms with Crippen molar-refractivity contribution in [3.63, 3.8) is 0 Å². The molecule has 1 rings (SSSR count). The Labute approximate surface area is 164 Å². The fourth-order valence-corrected chi connectivity index (χ4v) is 3.06. The van der Waals surface area contributed by atoms with Gasteiger partial charge in [0, 0.05) is 20.8 Å². The van der Waals surface area contributed by atoms with Gasteiger partial charge in [-0.25, -0.2) is 4.79 Å². The fourth-order valence-electron chi connectivity index (χ4n) is 2.35. The molecule has 0 spiro atoms. The Hall–Kier alpha value is -2.14. The molecule has 0 saturated carbocycles. The van der Waals surface area contributed by atoms with Gasteiger partial charge in [0.25, 0.3) is 0 Å². The maximum absolute atomic E-state index is 11.9. The van der Waals surface area contributed by atoms with Gasteiger partial charge in [-0.3, -0.25) is 14.4 Å². The minimum atomic E-state index is -1.13. The molecule has 0 bridgehead atoms. The Morgan fingerprint density at radius 1 is 1.04 bits per heavy atom. The molecule has 1 heterocycles. The van der Waals surface area contributed by atoms with Crippen molar-refractivity contribution in [2.75, 3.05) is 13.2 Å². The number of rotatable bonds is 7. The average Bonchev–Trinajstić information content (AvgIpc) is 2.56. The molecular weight excluding hydrogens is 430 g/mol. The topological polar surface area (TPSA) is 126 Å². The van der Waals surface area contributed by atoms with E-state index in [4.69, 9.17) is 23.7 Å². The number of nitrogens with one attached hydrogen (secondary N) is 1. The van der Waals surface area contributed by atoms with Crippen LogP contribution in [-0.4, -0.2) is 66.6 Å². The average molecular weight is 452 g/mol. The van der Waals surface area contributed by atoms with E-state index in [1.807, 2.05) is 0 Å². The third kappa shape index (κ3) is 7.55. The number of esters is 3. The second-order valence-electron chi connectivity index (χ2n) is 5.53. The smallest absolute Gasteiger partial charge is 0.407 e. The lowest BCUT2D eigenvalue weighted by atomic mass is 9.97. The monoisotopic (exact) mass is 451 g/mol. The summed E-state index contributed by atoms with van der Waals surface area (Å²) in [6.45, 7) is 6.68. The molecule has 0 unspecified atom stereocenters. The molecule has 0 aromatic heterocycles. The third-order valence-corrected chi connectivity index (χ3v) is 4.09. The predicted molar refractivity (Wildman–Crippen MR) is 93.8 cm³/mol. The number of alkyl carbamates (subject to hydrolysis) is 1. The first-order valence-corrected chi connectivity index (χ1v) is 8.88. The third-order valence-electron chi connectivity index (χ3n) is 3.30. The Morgan fingerprint density at radius 2 is 1.63 bits per heavy atom. The molecule has 5 atom stereocenters. The van der Waals surface area contributed by atoms with Crippen molar-refractivity contribution >= 4 is 39.9 Å². The molecule has 1 amide bonds. The Bertz CT molecular complexity index is 582. The maximum atomic E-state index is 11.9. The van der Waals surface area contributed by atoms with Crippen LogP contribution in [0.4, 0.5) is 4.79 Å². The van der Waals surface area contributed by atoms with Crippen molar-refractivity contribution in [1.82, 2.24) is 5.32 Å². The number of hydrogen-bond acceptors (Lipinski definition) is 9. The van der Waals surface area contributed by atoms with Gasteiger partial charge in [-0.15, -0.1) is 0 Å². The SMILES string of the molecule is C=CCOC(=O)N[C@@H]1[C@@H](OC(C)=O)[C@H](OC(C)=O)[C@@H](COC(C)=O)O[C@@H]1Br. The largest absolute Gasteiger partial charge is 0.463 e. The molecule has 1 saturated heterocycles. The summed E-state index contributed by atoms with van der Waals surface area (Å²) in [6, 6.07) is -0.954. The van der Waals surface area contributed by atoms with Crippen molar-refractivity contribution < 1.29 is 42.9 Å². The van der Waals surface area contributed by atoms with Crippen LogP contribution in [0.15, 0.2) is 12.7 Å². The minimum Gasteiger partial charge on any atom is -0.463 e. The first-order chi connectivity index (χ1) is 12.6. The molecule has 1 N–H and O–H groups in total. The van der Waals surface area contributed by atoms with E-state index in [-0.39, 0.29) is 13.2 Å². The molecule has 27 heavy (non-hydrogen) atoms. The molecule has 10 nitrogen and oxygen atoms in total. The number of hydrogen-bond donors (Lipinski definition) is 1. The highest BCUT2D eigenvalue weighted by atomic mass is 79.9. The van der Waals surface area contributed by atoms with Crippen LogP contribution in [0.1, 0.15) is 20.8 Å². The highest BCUT2D eigenvalue weighted by molar-refractivity contribution is 9.09. The number of ether oxygens (including phenoxy) is 5. The summed E-state index contributed by atoms with van der Waals surface area (Å²) in [7, 11) is 0. The summed E-state index contributed by atoms with van der Waals surface area (Å²) in [5, 5.41) is 1.63. The van der Waals surface area contributed by atoms with E-state index in [2.05, 4.69) is 27.8 Å². The fraction of sp³-hybridized carbons (Fsp3) is 0.625. The quantitative estimate of drug-likeness (QED) is 0.259. The molecular formula is C16H22BrNO9. The van der Waals surface area contributed by atoms with Gasteiger partial charge in [0.05, 0.1) is 0 Å². The van der Waals surface area contributed by atoms with Crippen LogP contribution >= 0.6 is 15.9 Å². The Kier molecular flexibility index (Phi) is 9.22. The highest BCUT2D eigenvalue weighted by Gasteiger charge is 2.50. The summed E-state index contributed by atoms with van der Waals surface area (Å²) in [4.78, 5) is 46.1. The van der Waals surface area contributed by atoms with Gasteiger partial charge in [-0.1, -0.05) is 28.6 Å². The molecule has 0 radical (unpaired) electrons. The van der Waals surface area contributed by atoms with Crippen LogP contribution in [0, 0.1) is 0 Å². The van der Waals surface area contributed by atoms with Crippen LogP contribution in [0.25, 0.3) is 0 Å². The molecule has 1 fully saturated rings. The Morgan fingerprint density at radius 3 is 2.15 bits per heavy atom. The van der Waals surface area contributed by atoms with Crippen molar-refractivity contribution in [2.24, 2.45) is 0 Å². The van der Waals surface area contributed by atoms with Gasteiger partial charge < -0.3 is 29.0 Å². The molecule has 1 aliphatic rings. The van der Waals surface area contributed by atoms with Gasteiger partial charge in [0.1, 0.15) is 30.4 Å². The van der Waals surface area contributed by atoms with Crippen LogP contribution in [0.2, 0.25) is 0 Å². The minimum absolute atomic E-state index is 0.0347. The molecule has 1 aliphatic heterocycles. The van der Waals surface area contributed by atoms with E-state index < -0.39 is 53.4 Å². The van der Waals surface area contributed by atoms with E-state index in [0.29, 0.717) is 0 Å². The van der Waals surface area contributed by atoms with Gasteiger partial charge in [-0.2, -0.15) is 0 Å². The van der Waals surface area contributed by atoms with Crippen LogP contribution < -0.4 is 5.32 Å². The summed E-state index contributed by atoms with van der Waals surface area (Å²) in [5.74, 6) is -1.91. The van der Waals surface area contributed by atoms with E-state index >= 15 is 0 Å².